The Morgan fingerprint density at radius 2 is 1.78 bits per heavy atom. The molecule has 0 saturated carbocycles. The smallest absolute Gasteiger partial charge is 0.287 e. The average molecular weight is 479 g/mol. The number of halogens is 2. The Hall–Kier alpha value is -3.12. The van der Waals surface area contributed by atoms with E-state index in [9.17, 15) is 4.79 Å². The second-order valence-corrected chi connectivity index (χ2v) is 9.03. The van der Waals surface area contributed by atoms with Gasteiger partial charge in [-0.15, -0.1) is 11.3 Å². The second kappa shape index (κ2) is 8.79. The van der Waals surface area contributed by atoms with Crippen molar-refractivity contribution in [2.24, 2.45) is 0 Å². The van der Waals surface area contributed by atoms with Crippen molar-refractivity contribution in [3.63, 3.8) is 0 Å². The normalized spacial score (nSPS) is 11.1. The van der Waals surface area contributed by atoms with Crippen LogP contribution in [0.2, 0.25) is 10.0 Å². The van der Waals surface area contributed by atoms with Crippen molar-refractivity contribution in [1.82, 2.24) is 10.3 Å². The number of nitrogens with zero attached hydrogens (tertiary/aromatic N) is 1. The fourth-order valence-corrected chi connectivity index (χ4v) is 4.68. The molecule has 1 N–H and O–H groups in total. The number of rotatable bonds is 5. The van der Waals surface area contributed by atoms with Crippen molar-refractivity contribution in [3.05, 3.63) is 100 Å². The monoisotopic (exact) mass is 478 g/mol. The molecule has 4 nitrogen and oxygen atoms in total. The molecule has 5 aromatic rings. The third-order valence-corrected chi connectivity index (χ3v) is 6.62. The maximum atomic E-state index is 12.5. The Labute approximate surface area is 198 Å². The zero-order valence-corrected chi connectivity index (χ0v) is 19.0. The number of fused-ring (bicyclic) bond motifs is 1. The quantitative estimate of drug-likeness (QED) is 0.285. The summed E-state index contributed by atoms with van der Waals surface area (Å²) < 4.78 is 6.86. The zero-order valence-electron chi connectivity index (χ0n) is 16.6. The number of hydrogen-bond acceptors (Lipinski definition) is 4. The van der Waals surface area contributed by atoms with Crippen LogP contribution in [0.5, 0.6) is 0 Å². The molecule has 3 aromatic carbocycles. The third kappa shape index (κ3) is 4.28. The molecule has 7 heteroatoms. The van der Waals surface area contributed by atoms with E-state index in [1.807, 2.05) is 42.5 Å². The fraction of sp³-hybridized carbons (Fsp3) is 0.0400. The van der Waals surface area contributed by atoms with Crippen molar-refractivity contribution < 1.29 is 9.21 Å². The van der Waals surface area contributed by atoms with Crippen molar-refractivity contribution in [2.75, 3.05) is 0 Å². The van der Waals surface area contributed by atoms with Crippen LogP contribution in [0.3, 0.4) is 0 Å². The molecule has 0 aliphatic rings. The molecule has 0 unspecified atom stereocenters. The minimum Gasteiger partial charge on any atom is -0.451 e. The first-order chi connectivity index (χ1) is 15.6. The van der Waals surface area contributed by atoms with Gasteiger partial charge in [0.1, 0.15) is 10.8 Å². The summed E-state index contributed by atoms with van der Waals surface area (Å²) in [7, 11) is 0. The van der Waals surface area contributed by atoms with Gasteiger partial charge in [0.25, 0.3) is 5.91 Å². The number of benzene rings is 3. The van der Waals surface area contributed by atoms with Crippen LogP contribution in [0.15, 0.2) is 83.3 Å². The number of furan rings is 1. The van der Waals surface area contributed by atoms with Gasteiger partial charge in [-0.2, -0.15) is 0 Å². The third-order valence-electron chi connectivity index (χ3n) is 4.97. The SMILES string of the molecule is O=C(NCc1ccc(-c2nc3ccccc3s2)cc1)c1ccc(-c2cc(Cl)ccc2Cl)o1. The number of carbonyl (C=O) groups excluding carboxylic acids is 1. The van der Waals surface area contributed by atoms with Gasteiger partial charge >= 0.3 is 0 Å². The molecule has 0 aliphatic heterocycles. The van der Waals surface area contributed by atoms with E-state index < -0.39 is 0 Å². The standard InChI is InChI=1S/C25H16Cl2N2O2S/c26-17-9-10-19(27)18(13-17)21-11-12-22(31-21)24(30)28-14-15-5-7-16(8-6-15)25-29-20-3-1-2-4-23(20)32-25/h1-13H,14H2,(H,28,30). The van der Waals surface area contributed by atoms with Crippen LogP contribution in [0.1, 0.15) is 16.1 Å². The van der Waals surface area contributed by atoms with Crippen molar-refractivity contribution in [1.29, 1.82) is 0 Å². The van der Waals surface area contributed by atoms with Crippen LogP contribution in [-0.2, 0) is 6.54 Å². The highest BCUT2D eigenvalue weighted by molar-refractivity contribution is 7.21. The summed E-state index contributed by atoms with van der Waals surface area (Å²) in [5.41, 5.74) is 3.67. The lowest BCUT2D eigenvalue weighted by Gasteiger charge is -2.05. The Bertz CT molecular complexity index is 1390. The van der Waals surface area contributed by atoms with Gasteiger partial charge in [-0.25, -0.2) is 4.98 Å². The first kappa shape index (κ1) is 20.8. The molecular formula is C25H16Cl2N2O2S. The summed E-state index contributed by atoms with van der Waals surface area (Å²) in [5, 5.41) is 4.90. The number of hydrogen-bond donors (Lipinski definition) is 1. The molecule has 0 saturated heterocycles. The molecule has 0 spiro atoms. The van der Waals surface area contributed by atoms with Crippen LogP contribution in [-0.4, -0.2) is 10.9 Å². The summed E-state index contributed by atoms with van der Waals surface area (Å²) >= 11 is 13.9. The van der Waals surface area contributed by atoms with E-state index in [4.69, 9.17) is 27.6 Å². The molecule has 0 radical (unpaired) electrons. The molecule has 0 bridgehead atoms. The van der Waals surface area contributed by atoms with Gasteiger partial charge in [0.05, 0.1) is 15.2 Å². The molecule has 2 heterocycles. The summed E-state index contributed by atoms with van der Waals surface area (Å²) in [5.74, 6) is 0.398. The van der Waals surface area contributed by atoms with Gasteiger partial charge < -0.3 is 9.73 Å². The molecule has 5 rings (SSSR count). The van der Waals surface area contributed by atoms with E-state index >= 15 is 0 Å². The van der Waals surface area contributed by atoms with Gasteiger partial charge in [0, 0.05) is 22.7 Å². The Kier molecular flexibility index (Phi) is 5.70. The average Bonchev–Trinajstić information content (AvgIpc) is 3.47. The number of nitrogens with one attached hydrogen (secondary N) is 1. The maximum absolute atomic E-state index is 12.5. The highest BCUT2D eigenvalue weighted by atomic mass is 35.5. The summed E-state index contributed by atoms with van der Waals surface area (Å²) in [6.07, 6.45) is 0. The van der Waals surface area contributed by atoms with Crippen molar-refractivity contribution in [2.45, 2.75) is 6.54 Å². The number of aromatic nitrogens is 1. The Balaban J connectivity index is 1.25. The van der Waals surface area contributed by atoms with Crippen LogP contribution in [0, 0.1) is 0 Å². The van der Waals surface area contributed by atoms with E-state index in [2.05, 4.69) is 16.4 Å². The molecular weight excluding hydrogens is 463 g/mol. The lowest BCUT2D eigenvalue weighted by atomic mass is 10.1. The minimum absolute atomic E-state index is 0.210. The van der Waals surface area contributed by atoms with E-state index in [1.165, 1.54) is 0 Å². The molecule has 158 valence electrons. The van der Waals surface area contributed by atoms with Gasteiger partial charge in [-0.1, -0.05) is 59.6 Å². The number of carbonyl (C=O) groups is 1. The number of para-hydroxylation sites is 1. The molecule has 0 aliphatic carbocycles. The van der Waals surface area contributed by atoms with Gasteiger partial charge in [-0.05, 0) is 48.0 Å². The molecule has 0 fully saturated rings. The van der Waals surface area contributed by atoms with Gasteiger partial charge in [0.2, 0.25) is 0 Å². The lowest BCUT2D eigenvalue weighted by molar-refractivity contribution is 0.0924. The van der Waals surface area contributed by atoms with E-state index in [1.54, 1.807) is 41.7 Å². The Morgan fingerprint density at radius 1 is 0.969 bits per heavy atom. The first-order valence-corrected chi connectivity index (χ1v) is 11.4. The predicted molar refractivity (Wildman–Crippen MR) is 130 cm³/mol. The van der Waals surface area contributed by atoms with Crippen molar-refractivity contribution >= 4 is 50.7 Å². The zero-order chi connectivity index (χ0) is 22.1. The molecule has 0 atom stereocenters. The predicted octanol–water partition coefficient (Wildman–Crippen LogP) is 7.46. The molecule has 32 heavy (non-hydrogen) atoms. The van der Waals surface area contributed by atoms with Crippen LogP contribution in [0.4, 0.5) is 0 Å². The van der Waals surface area contributed by atoms with E-state index in [0.29, 0.717) is 27.9 Å². The van der Waals surface area contributed by atoms with Crippen molar-refractivity contribution in [3.8, 4) is 21.9 Å². The van der Waals surface area contributed by atoms with Crippen LogP contribution < -0.4 is 5.32 Å². The topological polar surface area (TPSA) is 55.1 Å². The van der Waals surface area contributed by atoms with Crippen LogP contribution in [0.25, 0.3) is 32.1 Å². The summed E-state index contributed by atoms with van der Waals surface area (Å²) in [4.78, 5) is 17.2. The van der Waals surface area contributed by atoms with E-state index in [0.717, 1.165) is 26.4 Å². The minimum atomic E-state index is -0.301. The van der Waals surface area contributed by atoms with E-state index in [-0.39, 0.29) is 11.7 Å². The lowest BCUT2D eigenvalue weighted by Crippen LogP contribution is -2.22. The molecule has 2 aromatic heterocycles. The summed E-state index contributed by atoms with van der Waals surface area (Å²) in [6, 6.07) is 24.5. The maximum Gasteiger partial charge on any atom is 0.287 e. The fourth-order valence-electron chi connectivity index (χ4n) is 3.32. The molecule has 1 amide bonds. The summed E-state index contributed by atoms with van der Waals surface area (Å²) in [6.45, 7) is 0.382. The highest BCUT2D eigenvalue weighted by Gasteiger charge is 2.14. The van der Waals surface area contributed by atoms with Crippen LogP contribution >= 0.6 is 34.5 Å². The van der Waals surface area contributed by atoms with Gasteiger partial charge in [-0.3, -0.25) is 4.79 Å². The van der Waals surface area contributed by atoms with Gasteiger partial charge in [0.15, 0.2) is 5.76 Å². The first-order valence-electron chi connectivity index (χ1n) is 9.85. The Morgan fingerprint density at radius 3 is 2.59 bits per heavy atom. The largest absolute Gasteiger partial charge is 0.451 e. The highest BCUT2D eigenvalue weighted by Crippen LogP contribution is 2.32. The number of thiazole rings is 1. The number of amides is 1. The second-order valence-electron chi connectivity index (χ2n) is 7.15.